The van der Waals surface area contributed by atoms with Crippen molar-refractivity contribution < 1.29 is 37.2 Å². The van der Waals surface area contributed by atoms with Crippen LogP contribution in [0.15, 0.2) is 48.5 Å². The number of aliphatic hydroxyl groups is 2. The van der Waals surface area contributed by atoms with Gasteiger partial charge in [-0.3, -0.25) is 18.9 Å². The van der Waals surface area contributed by atoms with Crippen molar-refractivity contribution in [2.24, 2.45) is 0 Å². The maximum Gasteiger partial charge on any atom is 0.394 e. The molecule has 0 saturated heterocycles. The normalized spacial score (nSPS) is 17.3. The van der Waals surface area contributed by atoms with Gasteiger partial charge in [0, 0.05) is 35.2 Å². The summed E-state index contributed by atoms with van der Waals surface area (Å²) < 4.78 is 43.7. The molecule has 10 nitrogen and oxygen atoms in total. The van der Waals surface area contributed by atoms with Crippen LogP contribution in [-0.2, 0) is 10.4 Å². The quantitative estimate of drug-likeness (QED) is 0.154. The number of ether oxygens (including phenoxy) is 2. The fourth-order valence-corrected chi connectivity index (χ4v) is 8.38. The van der Waals surface area contributed by atoms with Crippen molar-refractivity contribution in [1.82, 2.24) is 9.80 Å². The van der Waals surface area contributed by atoms with Gasteiger partial charge in [-0.2, -0.15) is 8.42 Å². The Morgan fingerprint density at radius 2 is 0.818 bits per heavy atom. The fraction of sp³-hybridized carbons (Fsp3) is 0.727. The minimum Gasteiger partial charge on any atom is -0.491 e. The molecule has 0 heterocycles. The summed E-state index contributed by atoms with van der Waals surface area (Å²) in [6.45, 7) is 28.2. The van der Waals surface area contributed by atoms with Gasteiger partial charge in [-0.15, -0.1) is 0 Å². The van der Waals surface area contributed by atoms with E-state index in [1.807, 2.05) is 24.3 Å². The summed E-state index contributed by atoms with van der Waals surface area (Å²) in [6, 6.07) is 16.7. The summed E-state index contributed by atoms with van der Waals surface area (Å²) in [7, 11) is -4.67. The zero-order valence-corrected chi connectivity index (χ0v) is 37.0. The van der Waals surface area contributed by atoms with Crippen LogP contribution < -0.4 is 9.47 Å². The van der Waals surface area contributed by atoms with Crippen LogP contribution in [0, 0.1) is 0 Å². The average molecular weight is 793 g/mol. The third-order valence-electron chi connectivity index (χ3n) is 10.3. The summed E-state index contributed by atoms with van der Waals surface area (Å²) in [5, 5.41) is 21.2. The first-order valence-corrected chi connectivity index (χ1v) is 21.6. The van der Waals surface area contributed by atoms with Gasteiger partial charge in [0.1, 0.15) is 36.9 Å². The van der Waals surface area contributed by atoms with Crippen molar-refractivity contribution in [3.8, 4) is 11.5 Å². The van der Waals surface area contributed by atoms with Gasteiger partial charge >= 0.3 is 10.4 Å². The van der Waals surface area contributed by atoms with Crippen LogP contribution in [0.4, 0.5) is 0 Å². The molecule has 0 amide bonds. The molecular formula is C44H76N2O8S. The Balaban J connectivity index is 0.000000338. The van der Waals surface area contributed by atoms with Gasteiger partial charge in [-0.1, -0.05) is 62.1 Å². The van der Waals surface area contributed by atoms with Gasteiger partial charge in [0.25, 0.3) is 0 Å². The zero-order chi connectivity index (χ0) is 41.8. The largest absolute Gasteiger partial charge is 0.491 e. The molecule has 0 bridgehead atoms. The number of para-hydroxylation sites is 2. The second-order valence-corrected chi connectivity index (χ2v) is 20.2. The first-order valence-electron chi connectivity index (χ1n) is 20.2. The molecule has 0 aliphatic heterocycles. The molecule has 11 heteroatoms. The Hall–Kier alpha value is -2.25. The van der Waals surface area contributed by atoms with Crippen LogP contribution in [0.25, 0.3) is 0 Å². The number of hydrogen-bond acceptors (Lipinski definition) is 8. The molecule has 2 fully saturated rings. The Morgan fingerprint density at radius 3 is 1.07 bits per heavy atom. The predicted octanol–water partition coefficient (Wildman–Crippen LogP) is 9.31. The lowest BCUT2D eigenvalue weighted by Crippen LogP contribution is -2.55. The summed E-state index contributed by atoms with van der Waals surface area (Å²) >= 11 is 0. The SMILES string of the molecule is CC(C)(C)N(CC(O)COc1ccccc1C1CCCC1)C(C)(C)C.CC(C)(C)N(C[C@H](O)COc1ccccc1C1CCCC1)C(C)(C)C.O=S(=O)(O)O. The van der Waals surface area contributed by atoms with Gasteiger partial charge in [-0.25, -0.2) is 0 Å². The molecule has 0 radical (unpaired) electrons. The van der Waals surface area contributed by atoms with E-state index in [-0.39, 0.29) is 22.2 Å². The molecule has 1 unspecified atom stereocenters. The summed E-state index contributed by atoms with van der Waals surface area (Å²) in [4.78, 5) is 4.69. The molecule has 2 aromatic rings. The first-order chi connectivity index (χ1) is 25.2. The predicted molar refractivity (Wildman–Crippen MR) is 225 cm³/mol. The average Bonchev–Trinajstić information content (AvgIpc) is 3.78. The number of β-amino-alcohol motifs (C(OH)–C–C–N with tert-alkyl or cyclic N) is 2. The Labute approximate surface area is 334 Å². The van der Waals surface area contributed by atoms with Crippen LogP contribution in [0.1, 0.15) is 157 Å². The van der Waals surface area contributed by atoms with E-state index >= 15 is 0 Å². The van der Waals surface area contributed by atoms with Gasteiger partial charge in [0.2, 0.25) is 0 Å². The minimum atomic E-state index is -4.67. The molecule has 4 rings (SSSR count). The number of hydrogen-bond donors (Lipinski definition) is 4. The van der Waals surface area contributed by atoms with E-state index in [1.54, 1.807) is 0 Å². The van der Waals surface area contributed by atoms with Crippen molar-refractivity contribution in [3.05, 3.63) is 59.7 Å². The van der Waals surface area contributed by atoms with Crippen molar-refractivity contribution in [2.45, 2.75) is 181 Å². The van der Waals surface area contributed by atoms with Crippen LogP contribution in [0.3, 0.4) is 0 Å². The van der Waals surface area contributed by atoms with E-state index in [4.69, 9.17) is 27.0 Å². The van der Waals surface area contributed by atoms with E-state index in [9.17, 15) is 10.2 Å². The highest BCUT2D eigenvalue weighted by Crippen LogP contribution is 2.40. The maximum atomic E-state index is 10.6. The molecule has 2 saturated carbocycles. The third kappa shape index (κ3) is 18.3. The standard InChI is InChI=1S/2C22H37NO2.H2O4S/c2*1-21(2,3)23(22(4,5)6)15-18(24)16-25-20-14-10-9-13-19(20)17-11-7-8-12-17;1-5(2,3)4/h2*9-10,13-14,17-18,24H,7-8,11-12,15-16H2,1-6H3;(H2,1,2,3,4)/t18-;;/m0../s1. The number of benzene rings is 2. The second-order valence-electron chi connectivity index (χ2n) is 19.3. The smallest absolute Gasteiger partial charge is 0.394 e. The van der Waals surface area contributed by atoms with Crippen molar-refractivity contribution >= 4 is 10.4 Å². The maximum absolute atomic E-state index is 10.6. The lowest BCUT2D eigenvalue weighted by atomic mass is 9.95. The van der Waals surface area contributed by atoms with E-state index in [0.717, 1.165) is 11.5 Å². The molecule has 55 heavy (non-hydrogen) atoms. The summed E-state index contributed by atoms with van der Waals surface area (Å²) in [5.74, 6) is 3.14. The number of rotatable bonds is 12. The topological polar surface area (TPSA) is 140 Å². The van der Waals surface area contributed by atoms with Gasteiger partial charge in [0.15, 0.2) is 0 Å². The van der Waals surface area contributed by atoms with Gasteiger partial charge < -0.3 is 19.7 Å². The Morgan fingerprint density at radius 1 is 0.564 bits per heavy atom. The lowest BCUT2D eigenvalue weighted by molar-refractivity contribution is -0.0178. The molecule has 0 spiro atoms. The van der Waals surface area contributed by atoms with E-state index in [0.29, 0.717) is 38.1 Å². The molecule has 2 aromatic carbocycles. The molecule has 316 valence electrons. The highest BCUT2D eigenvalue weighted by Gasteiger charge is 2.34. The Kier molecular flexibility index (Phi) is 18.6. The van der Waals surface area contributed by atoms with E-state index in [2.05, 4.69) is 117 Å². The van der Waals surface area contributed by atoms with Gasteiger partial charge in [0.05, 0.1) is 0 Å². The molecular weight excluding hydrogens is 717 g/mol. The van der Waals surface area contributed by atoms with E-state index < -0.39 is 22.6 Å². The highest BCUT2D eigenvalue weighted by atomic mass is 32.3. The highest BCUT2D eigenvalue weighted by molar-refractivity contribution is 7.79. The first kappa shape index (κ1) is 48.9. The third-order valence-corrected chi connectivity index (χ3v) is 10.3. The van der Waals surface area contributed by atoms with Crippen LogP contribution in [0.2, 0.25) is 0 Å². The number of nitrogens with zero attached hydrogens (tertiary/aromatic N) is 2. The summed E-state index contributed by atoms with van der Waals surface area (Å²) in [5.41, 5.74) is 2.63. The van der Waals surface area contributed by atoms with Crippen molar-refractivity contribution in [3.63, 3.8) is 0 Å². The molecule has 2 aliphatic carbocycles. The number of aliphatic hydroxyl groups excluding tert-OH is 2. The van der Waals surface area contributed by atoms with E-state index in [1.165, 1.54) is 62.5 Å². The molecule has 4 N–H and O–H groups in total. The van der Waals surface area contributed by atoms with Crippen molar-refractivity contribution in [1.29, 1.82) is 0 Å². The molecule has 2 atom stereocenters. The minimum absolute atomic E-state index is 0.000977. The van der Waals surface area contributed by atoms with Gasteiger partial charge in [-0.05, 0) is 144 Å². The monoisotopic (exact) mass is 793 g/mol. The van der Waals surface area contributed by atoms with Crippen LogP contribution in [0.5, 0.6) is 11.5 Å². The molecule has 2 aliphatic rings. The molecule has 0 aromatic heterocycles. The van der Waals surface area contributed by atoms with Crippen LogP contribution >= 0.6 is 0 Å². The summed E-state index contributed by atoms with van der Waals surface area (Å²) in [6.07, 6.45) is 9.26. The fourth-order valence-electron chi connectivity index (χ4n) is 8.38. The Bertz CT molecular complexity index is 1370. The van der Waals surface area contributed by atoms with Crippen molar-refractivity contribution in [2.75, 3.05) is 26.3 Å². The van der Waals surface area contributed by atoms with Crippen LogP contribution in [-0.4, -0.2) is 98.2 Å². The zero-order valence-electron chi connectivity index (χ0n) is 36.1. The lowest BCUT2D eigenvalue weighted by Gasteiger charge is -2.46. The second kappa shape index (κ2) is 21.0.